The van der Waals surface area contributed by atoms with Gasteiger partial charge in [0.1, 0.15) is 10.0 Å². The Morgan fingerprint density at radius 3 is 1.55 bits per heavy atom. The van der Waals surface area contributed by atoms with Crippen LogP contribution in [-0.2, 0) is 9.68 Å². The molecule has 0 bridgehead atoms. The summed E-state index contributed by atoms with van der Waals surface area (Å²) in [6.07, 6.45) is 0.252. The lowest BCUT2D eigenvalue weighted by Gasteiger charge is -2.08. The number of hydrogen-bond donors (Lipinski definition) is 2. The molecule has 0 heterocycles. The van der Waals surface area contributed by atoms with Crippen LogP contribution in [0.3, 0.4) is 0 Å². The number of nitro benzene ring substituents is 2. The molecule has 0 radical (unpaired) electrons. The molecular weight excluding hydrogens is 459 g/mol. The number of nitrogens with zero attached hydrogens (tertiary/aromatic N) is 2. The van der Waals surface area contributed by atoms with Crippen molar-refractivity contribution in [1.29, 1.82) is 0 Å². The fourth-order valence-electron chi connectivity index (χ4n) is 2.14. The number of nitrogens with one attached hydrogen (secondary N) is 2. The maximum atomic E-state index is 11.9. The Labute approximate surface area is 184 Å². The number of amides is 2. The monoisotopic (exact) mass is 472 g/mol. The van der Waals surface area contributed by atoms with Gasteiger partial charge in [0.15, 0.2) is 0 Å². The van der Waals surface area contributed by atoms with E-state index in [-0.39, 0.29) is 40.8 Å². The normalized spacial score (nSPS) is 10.4. The highest BCUT2D eigenvalue weighted by Gasteiger charge is 2.17. The molecule has 0 spiro atoms. The summed E-state index contributed by atoms with van der Waals surface area (Å²) in [5.74, 6) is -1.42. The first-order chi connectivity index (χ1) is 14.7. The van der Waals surface area contributed by atoms with Crippen LogP contribution in [0.15, 0.2) is 36.4 Å². The number of hydrogen-bond acceptors (Lipinski definition) is 8. The Kier molecular flexibility index (Phi) is 8.63. The molecular formula is C17H14Cl2N4O8. The van der Waals surface area contributed by atoms with Crippen molar-refractivity contribution in [3.8, 4) is 0 Å². The SMILES string of the molecule is O=C(NOCCCONC(=O)c1ccc(Cl)c([N+](=O)[O-])c1)c1ccc(Cl)c([N+](=O)[O-])c1. The predicted octanol–water partition coefficient (Wildman–Crippen LogP) is 3.22. The van der Waals surface area contributed by atoms with Crippen molar-refractivity contribution >= 4 is 46.4 Å². The van der Waals surface area contributed by atoms with Crippen LogP contribution >= 0.6 is 23.2 Å². The molecule has 2 aromatic carbocycles. The molecule has 0 fully saturated rings. The first kappa shape index (κ1) is 24.0. The Hall–Kier alpha value is -3.32. The van der Waals surface area contributed by atoms with Gasteiger partial charge in [-0.05, 0) is 30.7 Å². The second kappa shape index (κ2) is 11.2. The fraction of sp³-hybridized carbons (Fsp3) is 0.176. The van der Waals surface area contributed by atoms with E-state index in [4.69, 9.17) is 32.9 Å². The second-order valence-electron chi connectivity index (χ2n) is 5.76. The maximum Gasteiger partial charge on any atom is 0.288 e. The van der Waals surface area contributed by atoms with Crippen molar-refractivity contribution in [1.82, 2.24) is 11.0 Å². The molecule has 0 unspecified atom stereocenters. The molecule has 0 aromatic heterocycles. The average molecular weight is 473 g/mol. The quantitative estimate of drug-likeness (QED) is 0.302. The molecule has 14 heteroatoms. The van der Waals surface area contributed by atoms with Crippen LogP contribution in [0.4, 0.5) is 11.4 Å². The van der Waals surface area contributed by atoms with E-state index in [0.29, 0.717) is 0 Å². The molecule has 31 heavy (non-hydrogen) atoms. The zero-order chi connectivity index (χ0) is 23.0. The lowest BCUT2D eigenvalue weighted by atomic mass is 10.2. The number of carbonyl (C=O) groups excluding carboxylic acids is 2. The number of carbonyl (C=O) groups is 2. The Balaban J connectivity index is 1.70. The predicted molar refractivity (Wildman–Crippen MR) is 108 cm³/mol. The summed E-state index contributed by atoms with van der Waals surface area (Å²) >= 11 is 11.4. The summed E-state index contributed by atoms with van der Waals surface area (Å²) in [5, 5.41) is 21.5. The fourth-order valence-corrected chi connectivity index (χ4v) is 2.52. The second-order valence-corrected chi connectivity index (χ2v) is 6.57. The molecule has 0 saturated carbocycles. The molecule has 2 aromatic rings. The van der Waals surface area contributed by atoms with Crippen LogP contribution in [0, 0.1) is 20.2 Å². The van der Waals surface area contributed by atoms with Gasteiger partial charge < -0.3 is 0 Å². The third-order valence-corrected chi connectivity index (χ3v) is 4.27. The molecule has 2 N–H and O–H groups in total. The van der Waals surface area contributed by atoms with Gasteiger partial charge in [-0.1, -0.05) is 23.2 Å². The van der Waals surface area contributed by atoms with Gasteiger partial charge in [-0.2, -0.15) is 0 Å². The van der Waals surface area contributed by atoms with Crippen molar-refractivity contribution in [2.75, 3.05) is 13.2 Å². The Morgan fingerprint density at radius 1 is 0.806 bits per heavy atom. The largest absolute Gasteiger partial charge is 0.288 e. The standard InChI is InChI=1S/C17H14Cl2N4O8/c18-12-4-2-10(8-14(12)22(26)27)16(24)20-30-6-1-7-31-21-17(25)11-3-5-13(19)15(9-11)23(28)29/h2-5,8-9H,1,6-7H2,(H,20,24)(H,21,25). The van der Waals surface area contributed by atoms with E-state index in [2.05, 4.69) is 11.0 Å². The van der Waals surface area contributed by atoms with Crippen LogP contribution in [0.1, 0.15) is 27.1 Å². The molecule has 12 nitrogen and oxygen atoms in total. The van der Waals surface area contributed by atoms with E-state index in [9.17, 15) is 29.8 Å². The minimum absolute atomic E-state index is 0.00368. The highest BCUT2D eigenvalue weighted by Crippen LogP contribution is 2.25. The van der Waals surface area contributed by atoms with Crippen LogP contribution in [-0.4, -0.2) is 34.9 Å². The third-order valence-electron chi connectivity index (χ3n) is 3.63. The molecule has 164 valence electrons. The van der Waals surface area contributed by atoms with Crippen molar-refractivity contribution in [2.24, 2.45) is 0 Å². The van der Waals surface area contributed by atoms with E-state index in [1.807, 2.05) is 0 Å². The lowest BCUT2D eigenvalue weighted by molar-refractivity contribution is -0.384. The lowest BCUT2D eigenvalue weighted by Crippen LogP contribution is -2.26. The highest BCUT2D eigenvalue weighted by molar-refractivity contribution is 6.33. The minimum atomic E-state index is -0.714. The summed E-state index contributed by atoms with van der Waals surface area (Å²) in [6, 6.07) is 7.07. The van der Waals surface area contributed by atoms with E-state index in [0.717, 1.165) is 12.1 Å². The van der Waals surface area contributed by atoms with Crippen LogP contribution in [0.25, 0.3) is 0 Å². The first-order valence-electron chi connectivity index (χ1n) is 8.43. The summed E-state index contributed by atoms with van der Waals surface area (Å²) < 4.78 is 0. The van der Waals surface area contributed by atoms with Gasteiger partial charge in [-0.25, -0.2) is 11.0 Å². The molecule has 0 aliphatic heterocycles. The molecule has 2 rings (SSSR count). The maximum absolute atomic E-state index is 11.9. The Bertz CT molecular complexity index is 938. The molecule has 2 amide bonds. The summed E-state index contributed by atoms with van der Waals surface area (Å²) in [6.45, 7) is 0.00736. The zero-order valence-corrected chi connectivity index (χ0v) is 17.0. The van der Waals surface area contributed by atoms with Gasteiger partial charge in [0, 0.05) is 23.3 Å². The summed E-state index contributed by atoms with van der Waals surface area (Å²) in [7, 11) is 0. The minimum Gasteiger partial charge on any atom is -0.273 e. The van der Waals surface area contributed by atoms with Crippen LogP contribution in [0.5, 0.6) is 0 Å². The number of rotatable bonds is 10. The summed E-state index contributed by atoms with van der Waals surface area (Å²) in [4.78, 5) is 54.0. The van der Waals surface area contributed by atoms with Crippen molar-refractivity contribution in [2.45, 2.75) is 6.42 Å². The highest BCUT2D eigenvalue weighted by atomic mass is 35.5. The number of benzene rings is 2. The van der Waals surface area contributed by atoms with Gasteiger partial charge in [-0.15, -0.1) is 0 Å². The van der Waals surface area contributed by atoms with Gasteiger partial charge in [0.05, 0.1) is 23.1 Å². The van der Waals surface area contributed by atoms with E-state index < -0.39 is 33.0 Å². The van der Waals surface area contributed by atoms with Crippen molar-refractivity contribution < 1.29 is 29.1 Å². The van der Waals surface area contributed by atoms with E-state index in [1.54, 1.807) is 0 Å². The van der Waals surface area contributed by atoms with Gasteiger partial charge in [-0.3, -0.25) is 39.5 Å². The molecule has 0 atom stereocenters. The van der Waals surface area contributed by atoms with Crippen molar-refractivity contribution in [3.63, 3.8) is 0 Å². The van der Waals surface area contributed by atoms with Gasteiger partial charge >= 0.3 is 0 Å². The average Bonchev–Trinajstić information content (AvgIpc) is 2.72. The topological polar surface area (TPSA) is 163 Å². The molecule has 0 aliphatic rings. The van der Waals surface area contributed by atoms with Crippen molar-refractivity contribution in [3.05, 3.63) is 77.8 Å². The van der Waals surface area contributed by atoms with Crippen LogP contribution in [0.2, 0.25) is 10.0 Å². The summed E-state index contributed by atoms with van der Waals surface area (Å²) in [5.41, 5.74) is 3.36. The van der Waals surface area contributed by atoms with Crippen LogP contribution < -0.4 is 11.0 Å². The molecule has 0 aliphatic carbocycles. The number of hydroxylamine groups is 2. The Morgan fingerprint density at radius 2 is 1.19 bits per heavy atom. The molecule has 0 saturated heterocycles. The van der Waals surface area contributed by atoms with Gasteiger partial charge in [0.25, 0.3) is 23.2 Å². The zero-order valence-electron chi connectivity index (χ0n) is 15.5. The smallest absolute Gasteiger partial charge is 0.273 e. The van der Waals surface area contributed by atoms with E-state index >= 15 is 0 Å². The number of halogens is 2. The first-order valence-corrected chi connectivity index (χ1v) is 9.18. The van der Waals surface area contributed by atoms with Gasteiger partial charge in [0.2, 0.25) is 0 Å². The number of nitro groups is 2. The third kappa shape index (κ3) is 6.86. The van der Waals surface area contributed by atoms with E-state index in [1.165, 1.54) is 24.3 Å².